The van der Waals surface area contributed by atoms with Crippen LogP contribution in [-0.2, 0) is 24.2 Å². The maximum atomic E-state index is 12.4. The molecule has 1 aliphatic carbocycles. The number of para-hydroxylation sites is 1. The second-order valence-electron chi connectivity index (χ2n) is 5.64. The van der Waals surface area contributed by atoms with Gasteiger partial charge >= 0.3 is 6.36 Å². The molecule has 0 spiro atoms. The molecule has 0 bridgehead atoms. The van der Waals surface area contributed by atoms with Gasteiger partial charge in [-0.05, 0) is 18.9 Å². The largest absolute Gasteiger partial charge is 0.573 e. The minimum atomic E-state index is -4.76. The molecule has 1 aromatic carbocycles. The number of amides is 1. The fraction of sp³-hybridized carbons (Fsp3) is 0.375. The summed E-state index contributed by atoms with van der Waals surface area (Å²) >= 11 is 0. The van der Waals surface area contributed by atoms with E-state index in [4.69, 9.17) is 0 Å². The molecule has 0 aliphatic heterocycles. The number of ether oxygens (including phenoxy) is 1. The molecule has 0 saturated heterocycles. The molecule has 1 aromatic heterocycles. The van der Waals surface area contributed by atoms with Crippen LogP contribution < -0.4 is 10.1 Å². The Hall–Kier alpha value is -2.51. The van der Waals surface area contributed by atoms with Gasteiger partial charge in [0.15, 0.2) is 0 Å². The first kappa shape index (κ1) is 16.4. The average Bonchev–Trinajstić information content (AvgIpc) is 2.99. The van der Waals surface area contributed by atoms with Gasteiger partial charge < -0.3 is 15.0 Å². The summed E-state index contributed by atoms with van der Waals surface area (Å²) < 4.78 is 41.2. The average molecular weight is 339 g/mol. The number of benzene rings is 1. The molecule has 24 heavy (non-hydrogen) atoms. The zero-order chi connectivity index (χ0) is 17.2. The van der Waals surface area contributed by atoms with Gasteiger partial charge in [0.1, 0.15) is 5.75 Å². The zero-order valence-corrected chi connectivity index (χ0v) is 12.7. The lowest BCUT2D eigenvalue weighted by atomic mass is 9.89. The summed E-state index contributed by atoms with van der Waals surface area (Å²) in [6.45, 7) is -0.0164. The Morgan fingerprint density at radius 2 is 2.17 bits per heavy atom. The number of alkyl halides is 3. The van der Waals surface area contributed by atoms with Crippen molar-refractivity contribution in [1.29, 1.82) is 0 Å². The number of nitrogens with one attached hydrogen (secondary N) is 2. The Labute approximate surface area is 136 Å². The Morgan fingerprint density at radius 3 is 2.96 bits per heavy atom. The van der Waals surface area contributed by atoms with Gasteiger partial charge in [0, 0.05) is 30.1 Å². The summed E-state index contributed by atoms with van der Waals surface area (Å²) in [5.74, 6) is -0.699. The van der Waals surface area contributed by atoms with Gasteiger partial charge in [-0.2, -0.15) is 0 Å². The van der Waals surface area contributed by atoms with Crippen molar-refractivity contribution < 1.29 is 22.7 Å². The fourth-order valence-electron chi connectivity index (χ4n) is 2.83. The SMILES string of the molecule is O=C(NCc1ccccc1OC(F)(F)F)[C@H]1CCc2nc[nH]c2C1. The monoisotopic (exact) mass is 339 g/mol. The lowest BCUT2D eigenvalue weighted by Crippen LogP contribution is -2.34. The third kappa shape index (κ3) is 3.87. The highest BCUT2D eigenvalue weighted by Gasteiger charge is 2.32. The van der Waals surface area contributed by atoms with E-state index in [2.05, 4.69) is 20.0 Å². The lowest BCUT2D eigenvalue weighted by molar-refractivity contribution is -0.274. The van der Waals surface area contributed by atoms with Crippen LogP contribution in [0.15, 0.2) is 30.6 Å². The molecule has 5 nitrogen and oxygen atoms in total. The first-order chi connectivity index (χ1) is 11.4. The number of rotatable bonds is 4. The van der Waals surface area contributed by atoms with Gasteiger partial charge in [-0.3, -0.25) is 4.79 Å². The van der Waals surface area contributed by atoms with E-state index in [9.17, 15) is 18.0 Å². The van der Waals surface area contributed by atoms with E-state index in [1.165, 1.54) is 18.2 Å². The third-order valence-electron chi connectivity index (χ3n) is 4.01. The number of aromatic amines is 1. The molecule has 3 rings (SSSR count). The number of nitrogens with zero attached hydrogens (tertiary/aromatic N) is 1. The molecule has 1 aliphatic rings. The normalized spacial score (nSPS) is 17.2. The first-order valence-corrected chi connectivity index (χ1v) is 7.55. The Morgan fingerprint density at radius 1 is 1.38 bits per heavy atom. The summed E-state index contributed by atoms with van der Waals surface area (Å²) in [5.41, 5.74) is 2.20. The van der Waals surface area contributed by atoms with Crippen LogP contribution in [0.2, 0.25) is 0 Å². The molecule has 0 fully saturated rings. The quantitative estimate of drug-likeness (QED) is 0.900. The van der Waals surface area contributed by atoms with Gasteiger partial charge in [0.25, 0.3) is 0 Å². The Bertz CT molecular complexity index is 727. The number of carbonyl (C=O) groups is 1. The van der Waals surface area contributed by atoms with Crippen molar-refractivity contribution in [2.75, 3.05) is 0 Å². The standard InChI is InChI=1S/C16H16F3N3O2/c17-16(18,19)24-14-4-2-1-3-11(14)8-20-15(23)10-5-6-12-13(7-10)22-9-21-12/h1-4,9-10H,5-8H2,(H,20,23)(H,21,22)/t10-/m0/s1. The molecule has 1 amide bonds. The molecule has 0 saturated carbocycles. The molecule has 2 N–H and O–H groups in total. The van der Waals surface area contributed by atoms with Gasteiger partial charge in [0.2, 0.25) is 5.91 Å². The molecule has 128 valence electrons. The van der Waals surface area contributed by atoms with E-state index in [1.807, 2.05) is 0 Å². The van der Waals surface area contributed by atoms with Gasteiger partial charge in [-0.25, -0.2) is 4.98 Å². The highest BCUT2D eigenvalue weighted by Crippen LogP contribution is 2.27. The molecule has 1 atom stereocenters. The number of H-pyrrole nitrogens is 1. The van der Waals surface area contributed by atoms with E-state index in [0.29, 0.717) is 19.3 Å². The number of aryl methyl sites for hydroxylation is 1. The van der Waals surface area contributed by atoms with Crippen LogP contribution in [0.3, 0.4) is 0 Å². The van der Waals surface area contributed by atoms with Gasteiger partial charge in [0.05, 0.1) is 12.0 Å². The summed E-state index contributed by atoms with van der Waals surface area (Å²) in [6, 6.07) is 5.77. The molecular weight excluding hydrogens is 323 g/mol. The number of halogens is 3. The van der Waals surface area contributed by atoms with E-state index in [-0.39, 0.29) is 29.7 Å². The summed E-state index contributed by atoms with van der Waals surface area (Å²) in [7, 11) is 0. The van der Waals surface area contributed by atoms with Crippen molar-refractivity contribution >= 4 is 5.91 Å². The highest BCUT2D eigenvalue weighted by molar-refractivity contribution is 5.79. The third-order valence-corrected chi connectivity index (χ3v) is 4.01. The van der Waals surface area contributed by atoms with Crippen LogP contribution in [0, 0.1) is 5.92 Å². The maximum Gasteiger partial charge on any atom is 0.573 e. The van der Waals surface area contributed by atoms with Crippen molar-refractivity contribution in [2.45, 2.75) is 32.2 Å². The zero-order valence-electron chi connectivity index (χ0n) is 12.7. The first-order valence-electron chi connectivity index (χ1n) is 7.55. The lowest BCUT2D eigenvalue weighted by Gasteiger charge is -2.21. The van der Waals surface area contributed by atoms with Crippen LogP contribution in [0.4, 0.5) is 13.2 Å². The number of imidazole rings is 1. The van der Waals surface area contributed by atoms with Crippen LogP contribution in [0.25, 0.3) is 0 Å². The Balaban J connectivity index is 1.61. The van der Waals surface area contributed by atoms with E-state index in [1.54, 1.807) is 12.4 Å². The smallest absolute Gasteiger partial charge is 0.405 e. The van der Waals surface area contributed by atoms with E-state index < -0.39 is 6.36 Å². The Kier molecular flexibility index (Phi) is 4.46. The molecule has 2 aromatic rings. The summed E-state index contributed by atoms with van der Waals surface area (Å²) in [4.78, 5) is 19.5. The van der Waals surface area contributed by atoms with Crippen molar-refractivity contribution in [2.24, 2.45) is 5.92 Å². The number of carbonyl (C=O) groups excluding carboxylic acids is 1. The maximum absolute atomic E-state index is 12.4. The highest BCUT2D eigenvalue weighted by atomic mass is 19.4. The fourth-order valence-corrected chi connectivity index (χ4v) is 2.83. The predicted octanol–water partition coefficient (Wildman–Crippen LogP) is 2.73. The summed E-state index contributed by atoms with van der Waals surface area (Å²) in [5, 5.41) is 2.70. The van der Waals surface area contributed by atoms with Gasteiger partial charge in [-0.1, -0.05) is 18.2 Å². The minimum Gasteiger partial charge on any atom is -0.405 e. The molecular formula is C16H16F3N3O2. The topological polar surface area (TPSA) is 67.0 Å². The van der Waals surface area contributed by atoms with Crippen LogP contribution >= 0.6 is 0 Å². The molecule has 1 heterocycles. The van der Waals surface area contributed by atoms with E-state index in [0.717, 1.165) is 11.4 Å². The van der Waals surface area contributed by atoms with Crippen molar-refractivity contribution in [3.8, 4) is 5.75 Å². The number of hydrogen-bond acceptors (Lipinski definition) is 3. The summed E-state index contributed by atoms with van der Waals surface area (Å²) in [6.07, 6.45) is -1.22. The predicted molar refractivity (Wildman–Crippen MR) is 79.1 cm³/mol. The van der Waals surface area contributed by atoms with Crippen LogP contribution in [0.5, 0.6) is 5.75 Å². The van der Waals surface area contributed by atoms with Gasteiger partial charge in [-0.15, -0.1) is 13.2 Å². The second-order valence-corrected chi connectivity index (χ2v) is 5.64. The molecule has 0 radical (unpaired) electrons. The van der Waals surface area contributed by atoms with Crippen molar-refractivity contribution in [1.82, 2.24) is 15.3 Å². The number of hydrogen-bond donors (Lipinski definition) is 2. The van der Waals surface area contributed by atoms with Crippen molar-refractivity contribution in [3.63, 3.8) is 0 Å². The number of fused-ring (bicyclic) bond motifs is 1. The van der Waals surface area contributed by atoms with Crippen LogP contribution in [-0.4, -0.2) is 22.2 Å². The van der Waals surface area contributed by atoms with E-state index >= 15 is 0 Å². The molecule has 0 unspecified atom stereocenters. The minimum absolute atomic E-state index is 0.0164. The second kappa shape index (κ2) is 6.54. The molecule has 8 heteroatoms. The van der Waals surface area contributed by atoms with Crippen LogP contribution in [0.1, 0.15) is 23.4 Å². The van der Waals surface area contributed by atoms with Crippen molar-refractivity contribution in [3.05, 3.63) is 47.5 Å². The number of aromatic nitrogens is 2.